The Balaban J connectivity index is 1.50. The van der Waals surface area contributed by atoms with E-state index in [4.69, 9.17) is 4.52 Å². The van der Waals surface area contributed by atoms with Gasteiger partial charge in [-0.3, -0.25) is 0 Å². The van der Waals surface area contributed by atoms with Crippen molar-refractivity contribution in [2.24, 2.45) is 0 Å². The third-order valence-electron chi connectivity index (χ3n) is 4.64. The van der Waals surface area contributed by atoms with E-state index in [2.05, 4.69) is 87.5 Å². The molecule has 0 N–H and O–H groups in total. The third-order valence-corrected chi connectivity index (χ3v) is 6.46. The largest absolute Gasteiger partial charge is 0.338 e. The molecule has 0 unspecified atom stereocenters. The van der Waals surface area contributed by atoms with Crippen LogP contribution >= 0.6 is 23.1 Å². The topological polar surface area (TPSA) is 69.6 Å². The summed E-state index contributed by atoms with van der Waals surface area (Å²) in [7, 11) is 0. The standard InChI is InChI=1S/C22H25N5OS2/c1-22(2,3)20-23-19(28-26-20)15-30-21-25-24-18(14-17-10-7-13-29-17)27(21)12-11-16-8-5-4-6-9-16/h4-10,13H,11-12,14-15H2,1-3H3. The van der Waals surface area contributed by atoms with Gasteiger partial charge < -0.3 is 9.09 Å². The minimum atomic E-state index is -0.129. The van der Waals surface area contributed by atoms with Crippen LogP contribution in [0.5, 0.6) is 0 Å². The summed E-state index contributed by atoms with van der Waals surface area (Å²) in [5.74, 6) is 2.90. The molecule has 0 fully saturated rings. The molecule has 156 valence electrons. The van der Waals surface area contributed by atoms with Crippen LogP contribution in [-0.2, 0) is 30.6 Å². The van der Waals surface area contributed by atoms with Crippen molar-refractivity contribution in [2.75, 3.05) is 0 Å². The summed E-state index contributed by atoms with van der Waals surface area (Å²) in [5, 5.41) is 16.1. The first-order valence-electron chi connectivity index (χ1n) is 9.93. The van der Waals surface area contributed by atoms with Gasteiger partial charge in [0, 0.05) is 23.3 Å². The second-order valence-corrected chi connectivity index (χ2v) is 10.1. The number of nitrogens with zero attached hydrogens (tertiary/aromatic N) is 5. The summed E-state index contributed by atoms with van der Waals surface area (Å²) in [6.45, 7) is 7.06. The van der Waals surface area contributed by atoms with E-state index in [0.717, 1.165) is 36.2 Å². The van der Waals surface area contributed by atoms with Crippen LogP contribution in [0.15, 0.2) is 57.5 Å². The van der Waals surface area contributed by atoms with Crippen LogP contribution in [0.3, 0.4) is 0 Å². The molecule has 6 nitrogen and oxygen atoms in total. The van der Waals surface area contributed by atoms with E-state index in [-0.39, 0.29) is 5.41 Å². The number of thiophene rings is 1. The summed E-state index contributed by atoms with van der Waals surface area (Å²) in [6.07, 6.45) is 1.72. The molecule has 0 amide bonds. The molecular weight excluding hydrogens is 414 g/mol. The second kappa shape index (κ2) is 9.14. The molecule has 30 heavy (non-hydrogen) atoms. The molecule has 0 aliphatic heterocycles. The monoisotopic (exact) mass is 439 g/mol. The molecule has 4 rings (SSSR count). The van der Waals surface area contributed by atoms with Gasteiger partial charge in [0.1, 0.15) is 5.82 Å². The lowest BCUT2D eigenvalue weighted by Gasteiger charge is -2.11. The molecule has 4 aromatic rings. The lowest BCUT2D eigenvalue weighted by Crippen LogP contribution is -2.13. The van der Waals surface area contributed by atoms with Crippen molar-refractivity contribution < 1.29 is 4.52 Å². The van der Waals surface area contributed by atoms with E-state index in [0.29, 0.717) is 11.6 Å². The van der Waals surface area contributed by atoms with Crippen LogP contribution in [0.25, 0.3) is 0 Å². The molecule has 0 saturated heterocycles. The van der Waals surface area contributed by atoms with Gasteiger partial charge in [-0.05, 0) is 23.4 Å². The van der Waals surface area contributed by atoms with E-state index in [9.17, 15) is 0 Å². The van der Waals surface area contributed by atoms with E-state index in [1.54, 1.807) is 23.1 Å². The molecule has 0 radical (unpaired) electrons. The molecule has 0 bridgehead atoms. The molecule has 0 aliphatic carbocycles. The number of hydrogen-bond acceptors (Lipinski definition) is 7. The molecule has 3 heterocycles. The van der Waals surface area contributed by atoms with Crippen molar-refractivity contribution in [3.05, 3.63) is 75.8 Å². The van der Waals surface area contributed by atoms with E-state index < -0.39 is 0 Å². The van der Waals surface area contributed by atoms with E-state index in [1.165, 1.54) is 10.4 Å². The molecule has 3 aromatic heterocycles. The zero-order chi connectivity index (χ0) is 21.0. The minimum Gasteiger partial charge on any atom is -0.338 e. The summed E-state index contributed by atoms with van der Waals surface area (Å²) in [5.41, 5.74) is 1.17. The molecule has 0 saturated carbocycles. The Kier molecular flexibility index (Phi) is 6.34. The lowest BCUT2D eigenvalue weighted by molar-refractivity contribution is 0.372. The van der Waals surface area contributed by atoms with E-state index >= 15 is 0 Å². The Bertz CT molecular complexity index is 1060. The minimum absolute atomic E-state index is 0.129. The van der Waals surface area contributed by atoms with Crippen molar-refractivity contribution in [1.82, 2.24) is 24.9 Å². The molecular formula is C22H25N5OS2. The van der Waals surface area contributed by atoms with Crippen LogP contribution in [0.1, 0.15) is 48.8 Å². The summed E-state index contributed by atoms with van der Waals surface area (Å²) >= 11 is 3.33. The fourth-order valence-electron chi connectivity index (χ4n) is 2.98. The van der Waals surface area contributed by atoms with Crippen LogP contribution in [-0.4, -0.2) is 24.9 Å². The number of hydrogen-bond donors (Lipinski definition) is 0. The van der Waals surface area contributed by atoms with Crippen molar-refractivity contribution in [1.29, 1.82) is 0 Å². The second-order valence-electron chi connectivity index (χ2n) is 8.09. The summed E-state index contributed by atoms with van der Waals surface area (Å²) in [6, 6.07) is 14.7. The molecule has 0 spiro atoms. The molecule has 0 atom stereocenters. The van der Waals surface area contributed by atoms with Crippen molar-refractivity contribution >= 4 is 23.1 Å². The number of thioether (sulfide) groups is 1. The van der Waals surface area contributed by atoms with Gasteiger partial charge in [-0.1, -0.05) is 74.1 Å². The van der Waals surface area contributed by atoms with Crippen molar-refractivity contribution in [3.8, 4) is 0 Å². The van der Waals surface area contributed by atoms with Gasteiger partial charge >= 0.3 is 0 Å². The number of rotatable bonds is 8. The predicted molar refractivity (Wildman–Crippen MR) is 120 cm³/mol. The van der Waals surface area contributed by atoms with Gasteiger partial charge in [0.25, 0.3) is 0 Å². The van der Waals surface area contributed by atoms with Crippen molar-refractivity contribution in [2.45, 2.75) is 56.5 Å². The highest BCUT2D eigenvalue weighted by atomic mass is 32.2. The highest BCUT2D eigenvalue weighted by Crippen LogP contribution is 2.25. The molecule has 0 aliphatic rings. The zero-order valence-corrected chi connectivity index (χ0v) is 19.0. The molecule has 8 heteroatoms. The highest BCUT2D eigenvalue weighted by Gasteiger charge is 2.21. The predicted octanol–water partition coefficient (Wildman–Crippen LogP) is 5.15. The van der Waals surface area contributed by atoms with Crippen LogP contribution < -0.4 is 0 Å². The Labute approximate surface area is 184 Å². The lowest BCUT2D eigenvalue weighted by atomic mass is 9.96. The van der Waals surface area contributed by atoms with Gasteiger partial charge in [-0.15, -0.1) is 21.5 Å². The van der Waals surface area contributed by atoms with Gasteiger partial charge in [-0.2, -0.15) is 4.98 Å². The van der Waals surface area contributed by atoms with Gasteiger partial charge in [0.15, 0.2) is 11.0 Å². The Morgan fingerprint density at radius 3 is 2.60 bits per heavy atom. The Morgan fingerprint density at radius 2 is 1.90 bits per heavy atom. The first-order chi connectivity index (χ1) is 14.5. The summed E-state index contributed by atoms with van der Waals surface area (Å²) < 4.78 is 7.66. The smallest absolute Gasteiger partial charge is 0.237 e. The number of benzene rings is 1. The number of aryl methyl sites for hydroxylation is 1. The SMILES string of the molecule is CC(C)(C)c1noc(CSc2nnc(Cc3cccs3)n2CCc2ccccc2)n1. The normalized spacial score (nSPS) is 11.8. The Hall–Kier alpha value is -2.45. The van der Waals surface area contributed by atoms with Gasteiger partial charge in [0.2, 0.25) is 5.89 Å². The van der Waals surface area contributed by atoms with Crippen LogP contribution in [0, 0.1) is 0 Å². The van der Waals surface area contributed by atoms with E-state index in [1.807, 2.05) is 6.07 Å². The first kappa shape index (κ1) is 20.8. The third kappa shape index (κ3) is 5.17. The fourth-order valence-corrected chi connectivity index (χ4v) is 4.50. The maximum atomic E-state index is 5.44. The van der Waals surface area contributed by atoms with Gasteiger partial charge in [0.05, 0.1) is 5.75 Å². The van der Waals surface area contributed by atoms with Crippen LogP contribution in [0.2, 0.25) is 0 Å². The average Bonchev–Trinajstić information content (AvgIpc) is 3.47. The Morgan fingerprint density at radius 1 is 1.07 bits per heavy atom. The average molecular weight is 440 g/mol. The highest BCUT2D eigenvalue weighted by molar-refractivity contribution is 7.98. The maximum absolute atomic E-state index is 5.44. The van der Waals surface area contributed by atoms with Crippen molar-refractivity contribution in [3.63, 3.8) is 0 Å². The first-order valence-corrected chi connectivity index (χ1v) is 11.8. The fraction of sp³-hybridized carbons (Fsp3) is 0.364. The number of aromatic nitrogens is 5. The van der Waals surface area contributed by atoms with Gasteiger partial charge in [-0.25, -0.2) is 0 Å². The van der Waals surface area contributed by atoms with Crippen LogP contribution in [0.4, 0.5) is 0 Å². The summed E-state index contributed by atoms with van der Waals surface area (Å²) in [4.78, 5) is 5.82. The maximum Gasteiger partial charge on any atom is 0.237 e. The molecule has 1 aromatic carbocycles. The quantitative estimate of drug-likeness (QED) is 0.354. The zero-order valence-electron chi connectivity index (χ0n) is 17.4.